The average Bonchev–Trinajstić information content (AvgIpc) is 3.36. The first kappa shape index (κ1) is 17.1. The van der Waals surface area contributed by atoms with Gasteiger partial charge in [0, 0.05) is 33.8 Å². The molecule has 6 rings (SSSR count). The third kappa shape index (κ3) is 2.19. The minimum atomic E-state index is -0.400. The SMILES string of the molecule is C[N+]12C=CN=C(C3=C(c4c[nH]c5ccccc45)C(=O)NC3=O)C3=CC=CC(=CC1)C32. The van der Waals surface area contributed by atoms with Crippen LogP contribution in [0.25, 0.3) is 16.5 Å². The lowest BCUT2D eigenvalue weighted by atomic mass is 9.85. The van der Waals surface area contributed by atoms with E-state index in [1.54, 1.807) is 12.4 Å². The number of fused-ring (bicyclic) bond motifs is 1. The molecule has 2 N–H and O–H groups in total. The molecule has 6 heteroatoms. The molecule has 2 amide bonds. The Morgan fingerprint density at radius 2 is 1.97 bits per heavy atom. The summed E-state index contributed by atoms with van der Waals surface area (Å²) in [7, 11) is 2.16. The minimum Gasteiger partial charge on any atom is -0.361 e. The van der Waals surface area contributed by atoms with Gasteiger partial charge in [-0.2, -0.15) is 0 Å². The number of hydrogen-bond acceptors (Lipinski definition) is 3. The van der Waals surface area contributed by atoms with Crippen LogP contribution in [-0.4, -0.2) is 46.6 Å². The van der Waals surface area contributed by atoms with Gasteiger partial charge in [-0.3, -0.25) is 19.4 Å². The number of allylic oxidation sites excluding steroid dienone is 2. The van der Waals surface area contributed by atoms with Crippen molar-refractivity contribution < 1.29 is 14.1 Å². The predicted octanol–water partition coefficient (Wildman–Crippen LogP) is 2.76. The monoisotopic (exact) mass is 395 g/mol. The predicted molar refractivity (Wildman–Crippen MR) is 115 cm³/mol. The fourth-order valence-electron chi connectivity index (χ4n) is 4.99. The number of para-hydroxylation sites is 1. The number of carbonyl (C=O) groups excluding carboxylic acids is 2. The number of H-pyrrole nitrogens is 1. The van der Waals surface area contributed by atoms with Gasteiger partial charge in [-0.1, -0.05) is 36.4 Å². The van der Waals surface area contributed by atoms with Gasteiger partial charge in [0.15, 0.2) is 0 Å². The summed E-state index contributed by atoms with van der Waals surface area (Å²) in [6.07, 6.45) is 14.0. The van der Waals surface area contributed by atoms with E-state index >= 15 is 0 Å². The van der Waals surface area contributed by atoms with Crippen molar-refractivity contribution in [1.29, 1.82) is 0 Å². The normalized spacial score (nSPS) is 27.1. The number of aromatic nitrogens is 1. The second-order valence-electron chi connectivity index (χ2n) is 8.17. The molecule has 4 aliphatic rings. The number of quaternary nitrogens is 1. The first-order valence-corrected chi connectivity index (χ1v) is 9.93. The Kier molecular flexibility index (Phi) is 3.35. The quantitative estimate of drug-likeness (QED) is 0.606. The van der Waals surface area contributed by atoms with Gasteiger partial charge in [0.25, 0.3) is 11.8 Å². The fourth-order valence-corrected chi connectivity index (χ4v) is 4.99. The molecule has 0 spiro atoms. The number of aliphatic imine (C=N–C) groups is 1. The molecule has 0 saturated carbocycles. The molecule has 6 nitrogen and oxygen atoms in total. The van der Waals surface area contributed by atoms with Gasteiger partial charge in [0.1, 0.15) is 18.8 Å². The van der Waals surface area contributed by atoms with Crippen LogP contribution in [-0.2, 0) is 9.59 Å². The molecular weight excluding hydrogens is 376 g/mol. The second kappa shape index (κ2) is 5.87. The highest BCUT2D eigenvalue weighted by Crippen LogP contribution is 2.40. The Hall–Kier alpha value is -3.77. The van der Waals surface area contributed by atoms with Gasteiger partial charge in [-0.25, -0.2) is 4.99 Å². The summed E-state index contributed by atoms with van der Waals surface area (Å²) in [5, 5.41) is 3.40. The van der Waals surface area contributed by atoms with E-state index in [1.165, 1.54) is 5.57 Å². The third-order valence-electron chi connectivity index (χ3n) is 6.40. The largest absolute Gasteiger partial charge is 0.361 e. The van der Waals surface area contributed by atoms with Crippen LogP contribution in [0.4, 0.5) is 0 Å². The van der Waals surface area contributed by atoms with Gasteiger partial charge < -0.3 is 4.98 Å². The van der Waals surface area contributed by atoms with Crippen molar-refractivity contribution in [2.75, 3.05) is 13.6 Å². The minimum absolute atomic E-state index is 0.0627. The molecule has 0 bridgehead atoms. The van der Waals surface area contributed by atoms with Crippen molar-refractivity contribution >= 4 is 34.0 Å². The highest BCUT2D eigenvalue weighted by atomic mass is 16.2. The van der Waals surface area contributed by atoms with E-state index in [4.69, 9.17) is 0 Å². The summed E-state index contributed by atoms with van der Waals surface area (Å²) >= 11 is 0. The van der Waals surface area contributed by atoms with Crippen molar-refractivity contribution in [3.8, 4) is 0 Å². The summed E-state index contributed by atoms with van der Waals surface area (Å²) in [6.45, 7) is 0.862. The number of amides is 2. The van der Waals surface area contributed by atoms with Crippen molar-refractivity contribution in [1.82, 2.24) is 10.3 Å². The zero-order valence-electron chi connectivity index (χ0n) is 16.3. The fraction of sp³-hybridized carbons (Fsp3) is 0.125. The van der Waals surface area contributed by atoms with E-state index in [1.807, 2.05) is 36.4 Å². The van der Waals surface area contributed by atoms with Crippen LogP contribution in [0.5, 0.6) is 0 Å². The van der Waals surface area contributed by atoms with Crippen LogP contribution in [0.15, 0.2) is 88.9 Å². The molecule has 0 fully saturated rings. The Labute approximate surface area is 172 Å². The number of carbonyl (C=O) groups is 2. The smallest absolute Gasteiger partial charge is 0.261 e. The lowest BCUT2D eigenvalue weighted by molar-refractivity contribution is -0.861. The first-order valence-electron chi connectivity index (χ1n) is 9.93. The summed E-state index contributed by atoms with van der Waals surface area (Å²) in [5.74, 6) is -0.787. The Bertz CT molecular complexity index is 1350. The Morgan fingerprint density at radius 1 is 1.13 bits per heavy atom. The van der Waals surface area contributed by atoms with Crippen LogP contribution in [0.3, 0.4) is 0 Å². The lowest BCUT2D eigenvalue weighted by Gasteiger charge is -2.34. The maximum Gasteiger partial charge on any atom is 0.261 e. The molecule has 1 aliphatic carbocycles. The van der Waals surface area contributed by atoms with Gasteiger partial charge in [-0.05, 0) is 12.1 Å². The standard InChI is InChI=1S/C24H18N4O2/c1-28-11-9-14-5-4-7-16(22(14)28)21(25-10-12-28)20-19(23(29)27-24(20)30)17-13-26-18-8-3-2-6-15(17)18/h2-10,12-13,22H,11H2,1H3,(H-,25,26,27,29,30)/p+1. The van der Waals surface area contributed by atoms with Crippen molar-refractivity contribution in [2.45, 2.75) is 6.04 Å². The average molecular weight is 395 g/mol. The second-order valence-corrected chi connectivity index (χ2v) is 8.17. The highest BCUT2D eigenvalue weighted by molar-refractivity contribution is 6.48. The number of hydrogen-bond donors (Lipinski definition) is 2. The third-order valence-corrected chi connectivity index (χ3v) is 6.40. The van der Waals surface area contributed by atoms with Crippen LogP contribution >= 0.6 is 0 Å². The summed E-state index contributed by atoms with van der Waals surface area (Å²) in [4.78, 5) is 33.8. The van der Waals surface area contributed by atoms with E-state index in [0.717, 1.165) is 23.0 Å². The van der Waals surface area contributed by atoms with Crippen LogP contribution < -0.4 is 5.32 Å². The molecule has 4 heterocycles. The molecule has 1 aromatic carbocycles. The van der Waals surface area contributed by atoms with E-state index in [2.05, 4.69) is 40.7 Å². The van der Waals surface area contributed by atoms with E-state index in [-0.39, 0.29) is 11.9 Å². The number of imide groups is 1. The summed E-state index contributed by atoms with van der Waals surface area (Å²) in [6, 6.07) is 7.82. The van der Waals surface area contributed by atoms with E-state index in [9.17, 15) is 9.59 Å². The van der Waals surface area contributed by atoms with Crippen molar-refractivity contribution in [3.05, 3.63) is 89.4 Å². The number of nitrogens with zero attached hydrogens (tertiary/aromatic N) is 2. The molecule has 146 valence electrons. The van der Waals surface area contributed by atoms with Crippen LogP contribution in [0.1, 0.15) is 5.56 Å². The van der Waals surface area contributed by atoms with Gasteiger partial charge in [0.2, 0.25) is 0 Å². The van der Waals surface area contributed by atoms with E-state index < -0.39 is 5.91 Å². The number of rotatable bonds is 2. The molecule has 2 atom stereocenters. The first-order chi connectivity index (χ1) is 14.6. The molecule has 0 saturated heterocycles. The topological polar surface area (TPSA) is 74.3 Å². The molecule has 30 heavy (non-hydrogen) atoms. The zero-order chi connectivity index (χ0) is 20.5. The number of aromatic amines is 1. The number of benzene rings is 1. The maximum absolute atomic E-state index is 13.0. The van der Waals surface area contributed by atoms with Crippen LogP contribution in [0.2, 0.25) is 0 Å². The molecule has 0 radical (unpaired) electrons. The van der Waals surface area contributed by atoms with Crippen molar-refractivity contribution in [2.24, 2.45) is 4.99 Å². The van der Waals surface area contributed by atoms with Gasteiger partial charge in [-0.15, -0.1) is 0 Å². The lowest BCUT2D eigenvalue weighted by Crippen LogP contribution is -2.47. The van der Waals surface area contributed by atoms with Crippen molar-refractivity contribution in [3.63, 3.8) is 0 Å². The van der Waals surface area contributed by atoms with Gasteiger partial charge >= 0.3 is 0 Å². The summed E-state index contributed by atoms with van der Waals surface area (Å²) < 4.78 is 0.670. The Balaban J connectivity index is 1.60. The molecule has 2 aromatic rings. The highest BCUT2D eigenvalue weighted by Gasteiger charge is 2.46. The zero-order valence-corrected chi connectivity index (χ0v) is 16.3. The number of nitrogens with one attached hydrogen (secondary N) is 2. The molecule has 2 unspecified atom stereocenters. The summed E-state index contributed by atoms with van der Waals surface area (Å²) in [5.41, 5.74) is 5.10. The molecular formula is C24H19N4O2+. The Morgan fingerprint density at radius 3 is 2.87 bits per heavy atom. The molecule has 1 aromatic heterocycles. The van der Waals surface area contributed by atoms with Gasteiger partial charge in [0.05, 0.1) is 30.1 Å². The van der Waals surface area contributed by atoms with Crippen LogP contribution in [0, 0.1) is 0 Å². The maximum atomic E-state index is 13.0. The number of likely N-dealkylation sites (N-methyl/N-ethyl adjacent to an activating group) is 1. The molecule has 3 aliphatic heterocycles. The van der Waals surface area contributed by atoms with E-state index in [0.29, 0.717) is 26.9 Å².